The summed E-state index contributed by atoms with van der Waals surface area (Å²) in [7, 11) is 0. The van der Waals surface area contributed by atoms with Crippen molar-refractivity contribution in [3.05, 3.63) is 22.2 Å². The number of aromatic nitrogens is 3. The number of fused-ring (bicyclic) bond motifs is 1. The number of H-pyrrole nitrogens is 1. The Kier molecular flexibility index (Phi) is 1.77. The zero-order valence-corrected chi connectivity index (χ0v) is 8.00. The molecular formula is C7H5BrN4O. The summed E-state index contributed by atoms with van der Waals surface area (Å²) in [6.07, 6.45) is 0. The summed E-state index contributed by atoms with van der Waals surface area (Å²) in [4.78, 5) is 11.0. The molecule has 13 heavy (non-hydrogen) atoms. The van der Waals surface area contributed by atoms with Crippen LogP contribution in [0.4, 0.5) is 0 Å². The number of nitrogens with zero attached hydrogens (tertiary/aromatic N) is 2. The Morgan fingerprint density at radius 1 is 1.46 bits per heavy atom. The second-order valence-corrected chi connectivity index (χ2v) is 3.42. The first-order valence-corrected chi connectivity index (χ1v) is 4.27. The number of carbonyl (C=O) groups excluding carboxylic acids is 1. The lowest BCUT2D eigenvalue weighted by atomic mass is 10.2. The predicted molar refractivity (Wildman–Crippen MR) is 50.1 cm³/mol. The van der Waals surface area contributed by atoms with Crippen molar-refractivity contribution in [2.75, 3.05) is 0 Å². The van der Waals surface area contributed by atoms with E-state index in [4.69, 9.17) is 5.73 Å². The van der Waals surface area contributed by atoms with E-state index in [1.807, 2.05) is 0 Å². The van der Waals surface area contributed by atoms with Crippen LogP contribution in [0.25, 0.3) is 11.0 Å². The van der Waals surface area contributed by atoms with Gasteiger partial charge in [0, 0.05) is 4.47 Å². The predicted octanol–water partition coefficient (Wildman–Crippen LogP) is 0.819. The highest BCUT2D eigenvalue weighted by Gasteiger charge is 2.10. The van der Waals surface area contributed by atoms with Crippen molar-refractivity contribution in [1.82, 2.24) is 15.4 Å². The molecule has 0 saturated heterocycles. The normalized spacial score (nSPS) is 10.5. The Bertz CT molecular complexity index is 478. The summed E-state index contributed by atoms with van der Waals surface area (Å²) in [5, 5.41) is 10.1. The van der Waals surface area contributed by atoms with Gasteiger partial charge in [-0.3, -0.25) is 4.79 Å². The maximum atomic E-state index is 11.0. The number of rotatable bonds is 1. The third-order valence-electron chi connectivity index (χ3n) is 1.65. The van der Waals surface area contributed by atoms with E-state index in [1.54, 1.807) is 12.1 Å². The van der Waals surface area contributed by atoms with E-state index < -0.39 is 5.91 Å². The number of hydrogen-bond acceptors (Lipinski definition) is 3. The number of halogens is 1. The van der Waals surface area contributed by atoms with E-state index >= 15 is 0 Å². The number of hydrogen-bond donors (Lipinski definition) is 2. The first-order valence-electron chi connectivity index (χ1n) is 3.48. The second kappa shape index (κ2) is 2.81. The molecule has 0 atom stereocenters. The van der Waals surface area contributed by atoms with Crippen LogP contribution in [0.15, 0.2) is 16.6 Å². The van der Waals surface area contributed by atoms with Gasteiger partial charge in [-0.05, 0) is 12.1 Å². The van der Waals surface area contributed by atoms with Crippen LogP contribution >= 0.6 is 15.9 Å². The lowest BCUT2D eigenvalue weighted by Gasteiger charge is -1.96. The average Bonchev–Trinajstić information content (AvgIpc) is 2.49. The van der Waals surface area contributed by atoms with Crippen LogP contribution in [0.3, 0.4) is 0 Å². The molecule has 1 aromatic heterocycles. The molecule has 0 fully saturated rings. The van der Waals surface area contributed by atoms with Crippen LogP contribution in [0.1, 0.15) is 10.4 Å². The minimum Gasteiger partial charge on any atom is -0.366 e. The maximum absolute atomic E-state index is 11.0. The van der Waals surface area contributed by atoms with Gasteiger partial charge in [-0.2, -0.15) is 15.4 Å². The van der Waals surface area contributed by atoms with Crippen LogP contribution in [0, 0.1) is 0 Å². The first kappa shape index (κ1) is 8.18. The van der Waals surface area contributed by atoms with E-state index in [1.165, 1.54) is 0 Å². The molecule has 2 aromatic rings. The lowest BCUT2D eigenvalue weighted by Crippen LogP contribution is -2.11. The molecular weight excluding hydrogens is 236 g/mol. The summed E-state index contributed by atoms with van der Waals surface area (Å²) in [5.74, 6) is -0.514. The van der Waals surface area contributed by atoms with Crippen molar-refractivity contribution in [3.63, 3.8) is 0 Å². The Labute approximate surface area is 81.4 Å². The van der Waals surface area contributed by atoms with Crippen molar-refractivity contribution in [2.24, 2.45) is 5.73 Å². The zero-order valence-electron chi connectivity index (χ0n) is 6.41. The largest absolute Gasteiger partial charge is 0.366 e. The summed E-state index contributed by atoms with van der Waals surface area (Å²) < 4.78 is 0.753. The van der Waals surface area contributed by atoms with Crippen molar-refractivity contribution in [3.8, 4) is 0 Å². The van der Waals surface area contributed by atoms with E-state index in [-0.39, 0.29) is 0 Å². The Hall–Kier alpha value is -1.43. The van der Waals surface area contributed by atoms with E-state index in [0.717, 1.165) is 4.47 Å². The number of carbonyl (C=O) groups is 1. The standard InChI is InChI=1S/C7H5BrN4O/c8-3-1-4(7(9)13)6-5(2-3)10-12-11-6/h1-2H,(H2,9,13)(H,10,11,12). The van der Waals surface area contributed by atoms with Gasteiger partial charge >= 0.3 is 0 Å². The smallest absolute Gasteiger partial charge is 0.251 e. The molecule has 0 bridgehead atoms. The Balaban J connectivity index is 2.84. The molecule has 0 radical (unpaired) electrons. The number of aromatic amines is 1. The summed E-state index contributed by atoms with van der Waals surface area (Å²) >= 11 is 3.25. The fourth-order valence-corrected chi connectivity index (χ4v) is 1.55. The molecule has 0 aliphatic carbocycles. The first-order chi connectivity index (χ1) is 6.18. The summed E-state index contributed by atoms with van der Waals surface area (Å²) in [6, 6.07) is 3.37. The summed E-state index contributed by atoms with van der Waals surface area (Å²) in [5.41, 5.74) is 6.64. The highest BCUT2D eigenvalue weighted by atomic mass is 79.9. The minimum atomic E-state index is -0.514. The van der Waals surface area contributed by atoms with Crippen LogP contribution in [0.2, 0.25) is 0 Å². The lowest BCUT2D eigenvalue weighted by molar-refractivity contribution is 0.100. The van der Waals surface area contributed by atoms with Gasteiger partial charge in [0.2, 0.25) is 0 Å². The van der Waals surface area contributed by atoms with Gasteiger partial charge in [0.1, 0.15) is 11.0 Å². The summed E-state index contributed by atoms with van der Waals surface area (Å²) in [6.45, 7) is 0. The number of nitrogens with two attached hydrogens (primary N) is 1. The van der Waals surface area contributed by atoms with Gasteiger partial charge < -0.3 is 5.73 Å². The van der Waals surface area contributed by atoms with E-state index in [9.17, 15) is 4.79 Å². The quantitative estimate of drug-likeness (QED) is 0.774. The highest BCUT2D eigenvalue weighted by molar-refractivity contribution is 9.10. The van der Waals surface area contributed by atoms with E-state index in [0.29, 0.717) is 16.6 Å². The molecule has 0 spiro atoms. The van der Waals surface area contributed by atoms with Gasteiger partial charge in [0.25, 0.3) is 5.91 Å². The molecule has 2 rings (SSSR count). The van der Waals surface area contributed by atoms with Crippen LogP contribution in [-0.2, 0) is 0 Å². The van der Waals surface area contributed by atoms with Crippen molar-refractivity contribution < 1.29 is 4.79 Å². The van der Waals surface area contributed by atoms with Crippen molar-refractivity contribution >= 4 is 32.9 Å². The molecule has 66 valence electrons. The zero-order chi connectivity index (χ0) is 9.42. The number of primary amides is 1. The number of amides is 1. The van der Waals surface area contributed by atoms with E-state index in [2.05, 4.69) is 31.3 Å². The van der Waals surface area contributed by atoms with Gasteiger partial charge in [-0.15, -0.1) is 0 Å². The van der Waals surface area contributed by atoms with Crippen LogP contribution in [0.5, 0.6) is 0 Å². The molecule has 3 N–H and O–H groups in total. The maximum Gasteiger partial charge on any atom is 0.251 e. The topological polar surface area (TPSA) is 84.7 Å². The molecule has 1 heterocycles. The van der Waals surface area contributed by atoms with Crippen molar-refractivity contribution in [1.29, 1.82) is 0 Å². The van der Waals surface area contributed by atoms with Gasteiger partial charge in [-0.1, -0.05) is 15.9 Å². The number of nitrogens with one attached hydrogen (secondary N) is 1. The number of benzene rings is 1. The molecule has 5 nitrogen and oxygen atoms in total. The molecule has 1 aromatic carbocycles. The van der Waals surface area contributed by atoms with Gasteiger partial charge in [0.05, 0.1) is 5.56 Å². The fraction of sp³-hybridized carbons (Fsp3) is 0. The molecule has 0 aliphatic rings. The third-order valence-corrected chi connectivity index (χ3v) is 2.11. The van der Waals surface area contributed by atoms with Crippen molar-refractivity contribution in [2.45, 2.75) is 0 Å². The third kappa shape index (κ3) is 1.29. The minimum absolute atomic E-state index is 0.359. The van der Waals surface area contributed by atoms with Crippen LogP contribution < -0.4 is 5.73 Å². The van der Waals surface area contributed by atoms with Crippen LogP contribution in [-0.4, -0.2) is 21.3 Å². The van der Waals surface area contributed by atoms with Gasteiger partial charge in [-0.25, -0.2) is 0 Å². The molecule has 0 aliphatic heterocycles. The molecule has 0 unspecified atom stereocenters. The molecule has 1 amide bonds. The monoisotopic (exact) mass is 240 g/mol. The fourth-order valence-electron chi connectivity index (χ4n) is 1.10. The Morgan fingerprint density at radius 3 is 2.92 bits per heavy atom. The second-order valence-electron chi connectivity index (χ2n) is 2.51. The Morgan fingerprint density at radius 2 is 2.23 bits per heavy atom. The highest BCUT2D eigenvalue weighted by Crippen LogP contribution is 2.20. The molecule has 0 saturated carbocycles. The van der Waals surface area contributed by atoms with Gasteiger partial charge in [0.15, 0.2) is 0 Å². The average molecular weight is 241 g/mol. The molecule has 6 heteroatoms. The SMILES string of the molecule is NC(=O)c1cc(Br)cc2n[nH]nc12.